The van der Waals surface area contributed by atoms with Crippen LogP contribution < -0.4 is 10.6 Å². The second-order valence-corrected chi connectivity index (χ2v) is 7.05. The second-order valence-electron chi connectivity index (χ2n) is 7.05. The van der Waals surface area contributed by atoms with Gasteiger partial charge in [-0.25, -0.2) is 9.97 Å². The highest BCUT2D eigenvalue weighted by molar-refractivity contribution is 5.75. The number of imidazole rings is 1. The van der Waals surface area contributed by atoms with Gasteiger partial charge in [0.1, 0.15) is 5.82 Å². The number of anilines is 2. The van der Waals surface area contributed by atoms with Gasteiger partial charge < -0.3 is 15.2 Å². The molecule has 3 heterocycles. The third-order valence-corrected chi connectivity index (χ3v) is 4.94. The molecule has 4 rings (SSSR count). The highest BCUT2D eigenvalue weighted by atomic mass is 15.2. The van der Waals surface area contributed by atoms with Crippen molar-refractivity contribution in [3.05, 3.63) is 42.4 Å². The van der Waals surface area contributed by atoms with Crippen molar-refractivity contribution in [2.45, 2.75) is 38.6 Å². The molecule has 0 aliphatic carbocycles. The largest absolute Gasteiger partial charge is 0.368 e. The Kier molecular flexibility index (Phi) is 4.03. The molecule has 1 fully saturated rings. The summed E-state index contributed by atoms with van der Waals surface area (Å²) >= 11 is 0. The second kappa shape index (κ2) is 6.35. The van der Waals surface area contributed by atoms with Gasteiger partial charge >= 0.3 is 0 Å². The number of para-hydroxylation sites is 2. The van der Waals surface area contributed by atoms with Crippen molar-refractivity contribution in [2.75, 3.05) is 23.7 Å². The van der Waals surface area contributed by atoms with Crippen LogP contribution in [0.25, 0.3) is 11.0 Å². The molecule has 1 aliphatic rings. The Balaban J connectivity index is 1.63. The molecular weight excluding hydrogens is 312 g/mol. The molecule has 2 N–H and O–H groups in total. The van der Waals surface area contributed by atoms with Crippen LogP contribution in [0.1, 0.15) is 44.3 Å². The summed E-state index contributed by atoms with van der Waals surface area (Å²) in [5, 5.41) is 0. The van der Waals surface area contributed by atoms with Crippen LogP contribution in [0.4, 0.5) is 11.8 Å². The molecular formula is C19H24N6. The molecule has 2 aromatic heterocycles. The molecule has 1 atom stereocenters. The molecule has 130 valence electrons. The van der Waals surface area contributed by atoms with Gasteiger partial charge in [0.05, 0.1) is 29.1 Å². The summed E-state index contributed by atoms with van der Waals surface area (Å²) in [6, 6.07) is 10.8. The van der Waals surface area contributed by atoms with Crippen LogP contribution in [0.5, 0.6) is 0 Å². The number of nitrogens with two attached hydrogens (primary N) is 1. The fourth-order valence-electron chi connectivity index (χ4n) is 3.59. The lowest BCUT2D eigenvalue weighted by Crippen LogP contribution is -2.37. The Bertz CT molecular complexity index is 885. The van der Waals surface area contributed by atoms with E-state index < -0.39 is 0 Å². The minimum absolute atomic E-state index is 0.335. The SMILES string of the molecule is CC(C)c1cc(N2CCCC(n3cnc4ccccc43)C2)nc(N)n1. The molecule has 1 unspecified atom stereocenters. The van der Waals surface area contributed by atoms with Crippen molar-refractivity contribution in [3.8, 4) is 0 Å². The van der Waals surface area contributed by atoms with E-state index in [1.807, 2.05) is 12.4 Å². The number of fused-ring (bicyclic) bond motifs is 1. The maximum atomic E-state index is 5.94. The molecule has 0 spiro atoms. The number of rotatable bonds is 3. The topological polar surface area (TPSA) is 72.9 Å². The van der Waals surface area contributed by atoms with Crippen LogP contribution in [0.15, 0.2) is 36.7 Å². The van der Waals surface area contributed by atoms with Gasteiger partial charge in [-0.15, -0.1) is 0 Å². The molecule has 0 amide bonds. The van der Waals surface area contributed by atoms with Crippen molar-refractivity contribution in [2.24, 2.45) is 0 Å². The minimum atomic E-state index is 0.335. The predicted octanol–water partition coefficient (Wildman–Crippen LogP) is 3.37. The molecule has 0 radical (unpaired) electrons. The Morgan fingerprint density at radius 3 is 2.88 bits per heavy atom. The first-order chi connectivity index (χ1) is 12.1. The van der Waals surface area contributed by atoms with Crippen LogP contribution in [0.2, 0.25) is 0 Å². The van der Waals surface area contributed by atoms with Gasteiger partial charge in [-0.1, -0.05) is 26.0 Å². The molecule has 25 heavy (non-hydrogen) atoms. The van der Waals surface area contributed by atoms with Crippen LogP contribution in [0, 0.1) is 0 Å². The lowest BCUT2D eigenvalue weighted by molar-refractivity contribution is 0.411. The normalized spacial score (nSPS) is 18.2. The van der Waals surface area contributed by atoms with E-state index in [1.54, 1.807) is 0 Å². The first kappa shape index (κ1) is 15.9. The summed E-state index contributed by atoms with van der Waals surface area (Å²) in [5.41, 5.74) is 9.18. The van der Waals surface area contributed by atoms with Gasteiger partial charge in [-0.2, -0.15) is 4.98 Å². The average molecular weight is 336 g/mol. The lowest BCUT2D eigenvalue weighted by atomic mass is 10.0. The zero-order valence-corrected chi connectivity index (χ0v) is 14.8. The maximum Gasteiger partial charge on any atom is 0.222 e. The molecule has 3 aromatic rings. The molecule has 1 saturated heterocycles. The molecule has 1 aromatic carbocycles. The van der Waals surface area contributed by atoms with Crippen LogP contribution in [0.3, 0.4) is 0 Å². The summed E-state index contributed by atoms with van der Waals surface area (Å²) in [6.45, 7) is 6.16. The molecule has 0 saturated carbocycles. The predicted molar refractivity (Wildman–Crippen MR) is 101 cm³/mol. The summed E-state index contributed by atoms with van der Waals surface area (Å²) in [4.78, 5) is 15.7. The Morgan fingerprint density at radius 2 is 2.04 bits per heavy atom. The standard InChI is InChI=1S/C19H24N6/c1-13(2)16-10-18(23-19(20)22-16)24-9-5-6-14(11-24)25-12-21-15-7-3-4-8-17(15)25/h3-4,7-8,10,12-14H,5-6,9,11H2,1-2H3,(H2,20,22,23). The molecule has 1 aliphatic heterocycles. The molecule has 6 nitrogen and oxygen atoms in total. The third-order valence-electron chi connectivity index (χ3n) is 4.94. The summed E-state index contributed by atoms with van der Waals surface area (Å²) in [5.74, 6) is 1.63. The quantitative estimate of drug-likeness (QED) is 0.794. The fraction of sp³-hybridized carbons (Fsp3) is 0.421. The third kappa shape index (κ3) is 3.04. The van der Waals surface area contributed by atoms with Gasteiger partial charge in [0.2, 0.25) is 5.95 Å². The van der Waals surface area contributed by atoms with E-state index in [9.17, 15) is 0 Å². The average Bonchev–Trinajstić information content (AvgIpc) is 3.05. The van der Waals surface area contributed by atoms with Gasteiger partial charge in [0.15, 0.2) is 0 Å². The first-order valence-electron chi connectivity index (χ1n) is 8.93. The van der Waals surface area contributed by atoms with Gasteiger partial charge in [-0.3, -0.25) is 0 Å². The Hall–Kier alpha value is -2.63. The van der Waals surface area contributed by atoms with Crippen molar-refractivity contribution >= 4 is 22.8 Å². The van der Waals surface area contributed by atoms with Gasteiger partial charge in [0, 0.05) is 19.2 Å². The highest BCUT2D eigenvalue weighted by Crippen LogP contribution is 2.29. The number of hydrogen-bond acceptors (Lipinski definition) is 5. The highest BCUT2D eigenvalue weighted by Gasteiger charge is 2.24. The number of nitrogens with zero attached hydrogens (tertiary/aromatic N) is 5. The van der Waals surface area contributed by atoms with Crippen molar-refractivity contribution in [3.63, 3.8) is 0 Å². The summed E-state index contributed by atoms with van der Waals surface area (Å²) < 4.78 is 2.30. The fourth-order valence-corrected chi connectivity index (χ4v) is 3.59. The Morgan fingerprint density at radius 1 is 1.20 bits per heavy atom. The van der Waals surface area contributed by atoms with E-state index in [-0.39, 0.29) is 0 Å². The maximum absolute atomic E-state index is 5.94. The van der Waals surface area contributed by atoms with E-state index in [0.717, 1.165) is 43.0 Å². The zero-order chi connectivity index (χ0) is 17.4. The number of nitrogen functional groups attached to an aromatic ring is 1. The van der Waals surface area contributed by atoms with Crippen molar-refractivity contribution in [1.29, 1.82) is 0 Å². The first-order valence-corrected chi connectivity index (χ1v) is 8.93. The van der Waals surface area contributed by atoms with Crippen molar-refractivity contribution < 1.29 is 0 Å². The number of benzene rings is 1. The van der Waals surface area contributed by atoms with Gasteiger partial charge in [0.25, 0.3) is 0 Å². The van der Waals surface area contributed by atoms with Crippen LogP contribution >= 0.6 is 0 Å². The summed E-state index contributed by atoms with van der Waals surface area (Å²) in [6.07, 6.45) is 4.24. The molecule has 0 bridgehead atoms. The van der Waals surface area contributed by atoms with Gasteiger partial charge in [-0.05, 0) is 30.9 Å². The number of aromatic nitrogens is 4. The monoisotopic (exact) mass is 336 g/mol. The smallest absolute Gasteiger partial charge is 0.222 e. The summed E-state index contributed by atoms with van der Waals surface area (Å²) in [7, 11) is 0. The van der Waals surface area contributed by atoms with Crippen molar-refractivity contribution in [1.82, 2.24) is 19.5 Å². The minimum Gasteiger partial charge on any atom is -0.368 e. The molecule has 6 heteroatoms. The zero-order valence-electron chi connectivity index (χ0n) is 14.8. The van der Waals surface area contributed by atoms with E-state index in [1.165, 1.54) is 5.52 Å². The van der Waals surface area contributed by atoms with Crippen LogP contribution in [-0.4, -0.2) is 32.6 Å². The number of piperidine rings is 1. The van der Waals surface area contributed by atoms with E-state index in [0.29, 0.717) is 17.9 Å². The van der Waals surface area contributed by atoms with Crippen LogP contribution in [-0.2, 0) is 0 Å². The van der Waals surface area contributed by atoms with E-state index >= 15 is 0 Å². The lowest BCUT2D eigenvalue weighted by Gasteiger charge is -2.34. The number of hydrogen-bond donors (Lipinski definition) is 1. The van der Waals surface area contributed by atoms with E-state index in [2.05, 4.69) is 62.5 Å². The Labute approximate surface area is 147 Å². The van der Waals surface area contributed by atoms with E-state index in [4.69, 9.17) is 5.73 Å².